The van der Waals surface area contributed by atoms with Crippen LogP contribution in [0.4, 0.5) is 0 Å². The standard InChI is InChI=1S/C14H18BrClO3S/c1-20(18,19)11-4-2-3-9(7-11)14(17)12-6-5-10(16)8-13(12)15/h5-6,8-9,11,14,17H,2-4,7H2,1H3. The van der Waals surface area contributed by atoms with Crippen LogP contribution in [-0.4, -0.2) is 25.0 Å². The van der Waals surface area contributed by atoms with Crippen LogP contribution in [0.25, 0.3) is 0 Å². The van der Waals surface area contributed by atoms with Gasteiger partial charge in [-0.25, -0.2) is 8.42 Å². The summed E-state index contributed by atoms with van der Waals surface area (Å²) in [6.45, 7) is 0. The molecule has 1 saturated carbocycles. The van der Waals surface area contributed by atoms with Crippen LogP contribution >= 0.6 is 27.5 Å². The minimum Gasteiger partial charge on any atom is -0.388 e. The topological polar surface area (TPSA) is 54.4 Å². The molecule has 2 rings (SSSR count). The van der Waals surface area contributed by atoms with Gasteiger partial charge < -0.3 is 5.11 Å². The Balaban J connectivity index is 2.18. The number of rotatable bonds is 3. The SMILES string of the molecule is CS(=O)(=O)C1CCCC(C(O)c2ccc(Cl)cc2Br)C1. The van der Waals surface area contributed by atoms with Gasteiger partial charge in [-0.3, -0.25) is 0 Å². The molecule has 3 atom stereocenters. The molecule has 6 heteroatoms. The van der Waals surface area contributed by atoms with E-state index in [1.807, 2.05) is 0 Å². The van der Waals surface area contributed by atoms with E-state index in [2.05, 4.69) is 15.9 Å². The number of hydrogen-bond acceptors (Lipinski definition) is 3. The Morgan fingerprint density at radius 1 is 1.40 bits per heavy atom. The highest BCUT2D eigenvalue weighted by Gasteiger charge is 2.33. The molecule has 1 aliphatic rings. The summed E-state index contributed by atoms with van der Waals surface area (Å²) < 4.78 is 24.2. The van der Waals surface area contributed by atoms with Crippen LogP contribution < -0.4 is 0 Å². The highest BCUT2D eigenvalue weighted by molar-refractivity contribution is 9.10. The summed E-state index contributed by atoms with van der Waals surface area (Å²) in [4.78, 5) is 0. The average molecular weight is 382 g/mol. The predicted molar refractivity (Wildman–Crippen MR) is 84.7 cm³/mol. The third-order valence-electron chi connectivity index (χ3n) is 4.00. The molecule has 1 fully saturated rings. The lowest BCUT2D eigenvalue weighted by Gasteiger charge is -2.31. The van der Waals surface area contributed by atoms with E-state index in [1.54, 1.807) is 18.2 Å². The average Bonchev–Trinajstić information content (AvgIpc) is 2.37. The van der Waals surface area contributed by atoms with E-state index in [0.717, 1.165) is 22.9 Å². The molecule has 1 aromatic carbocycles. The second kappa shape index (κ2) is 6.34. The van der Waals surface area contributed by atoms with Gasteiger partial charge in [-0.05, 0) is 42.9 Å². The van der Waals surface area contributed by atoms with Gasteiger partial charge in [0, 0.05) is 15.8 Å². The van der Waals surface area contributed by atoms with Gasteiger partial charge in [-0.2, -0.15) is 0 Å². The van der Waals surface area contributed by atoms with Crippen LogP contribution in [-0.2, 0) is 9.84 Å². The molecule has 0 aliphatic heterocycles. The van der Waals surface area contributed by atoms with Crippen molar-refractivity contribution < 1.29 is 13.5 Å². The second-order valence-electron chi connectivity index (χ2n) is 5.49. The fourth-order valence-corrected chi connectivity index (χ4v) is 4.96. The largest absolute Gasteiger partial charge is 0.388 e. The molecule has 0 radical (unpaired) electrons. The van der Waals surface area contributed by atoms with E-state index in [4.69, 9.17) is 11.6 Å². The smallest absolute Gasteiger partial charge is 0.150 e. The lowest BCUT2D eigenvalue weighted by atomic mass is 9.82. The minimum atomic E-state index is -3.04. The van der Waals surface area contributed by atoms with Gasteiger partial charge in [0.2, 0.25) is 0 Å². The molecular formula is C14H18BrClO3S. The molecule has 1 aromatic rings. The van der Waals surface area contributed by atoms with E-state index in [1.165, 1.54) is 6.26 Å². The van der Waals surface area contributed by atoms with Crippen LogP contribution in [0.5, 0.6) is 0 Å². The maximum absolute atomic E-state index is 11.7. The normalized spacial score (nSPS) is 25.4. The van der Waals surface area contributed by atoms with Crippen LogP contribution in [0.1, 0.15) is 37.4 Å². The number of hydrogen-bond donors (Lipinski definition) is 1. The molecular weight excluding hydrogens is 364 g/mol. The van der Waals surface area contributed by atoms with Gasteiger partial charge in [0.25, 0.3) is 0 Å². The first-order valence-corrected chi connectivity index (χ1v) is 9.73. The molecule has 0 bridgehead atoms. The maximum atomic E-state index is 11.7. The second-order valence-corrected chi connectivity index (χ2v) is 9.11. The molecule has 3 nitrogen and oxygen atoms in total. The van der Waals surface area contributed by atoms with Crippen molar-refractivity contribution in [2.24, 2.45) is 5.92 Å². The Bertz CT molecular complexity index is 588. The predicted octanol–water partition coefficient (Wildman–Crippen LogP) is 3.74. The summed E-state index contributed by atoms with van der Waals surface area (Å²) in [5.74, 6) is -0.0269. The van der Waals surface area contributed by atoms with Crippen LogP contribution in [0.15, 0.2) is 22.7 Å². The Morgan fingerprint density at radius 3 is 2.70 bits per heavy atom. The summed E-state index contributed by atoms with van der Waals surface area (Å²) >= 11 is 9.31. The quantitative estimate of drug-likeness (QED) is 0.867. The summed E-state index contributed by atoms with van der Waals surface area (Å²) in [6.07, 6.45) is 3.53. The van der Waals surface area contributed by atoms with Crippen molar-refractivity contribution in [1.29, 1.82) is 0 Å². The Morgan fingerprint density at radius 2 is 2.10 bits per heavy atom. The number of halogens is 2. The van der Waals surface area contributed by atoms with Gasteiger partial charge in [-0.15, -0.1) is 0 Å². The van der Waals surface area contributed by atoms with E-state index >= 15 is 0 Å². The number of benzene rings is 1. The van der Waals surface area contributed by atoms with Gasteiger partial charge in [0.1, 0.15) is 9.84 Å². The lowest BCUT2D eigenvalue weighted by Crippen LogP contribution is -2.30. The van der Waals surface area contributed by atoms with E-state index < -0.39 is 15.9 Å². The fourth-order valence-electron chi connectivity index (χ4n) is 2.85. The number of sulfone groups is 1. The van der Waals surface area contributed by atoms with Gasteiger partial charge >= 0.3 is 0 Å². The first-order valence-electron chi connectivity index (χ1n) is 6.61. The molecule has 0 aromatic heterocycles. The molecule has 0 heterocycles. The van der Waals surface area contributed by atoms with Crippen molar-refractivity contribution in [3.63, 3.8) is 0 Å². The van der Waals surface area contributed by atoms with Gasteiger partial charge in [0.15, 0.2) is 0 Å². The van der Waals surface area contributed by atoms with Gasteiger partial charge in [0.05, 0.1) is 11.4 Å². The van der Waals surface area contributed by atoms with Crippen molar-refractivity contribution in [3.8, 4) is 0 Å². The van der Waals surface area contributed by atoms with Crippen LogP contribution in [0.2, 0.25) is 5.02 Å². The number of aliphatic hydroxyl groups is 1. The zero-order chi connectivity index (χ0) is 14.9. The fraction of sp³-hybridized carbons (Fsp3) is 0.571. The zero-order valence-electron chi connectivity index (χ0n) is 11.2. The molecule has 0 spiro atoms. The lowest BCUT2D eigenvalue weighted by molar-refractivity contribution is 0.0851. The summed E-state index contributed by atoms with van der Waals surface area (Å²) in [6, 6.07) is 5.28. The number of aliphatic hydroxyl groups excluding tert-OH is 1. The molecule has 112 valence electrons. The third-order valence-corrected chi connectivity index (χ3v) is 6.56. The molecule has 3 unspecified atom stereocenters. The van der Waals surface area contributed by atoms with Gasteiger partial charge in [-0.1, -0.05) is 40.0 Å². The highest BCUT2D eigenvalue weighted by Crippen LogP contribution is 2.39. The summed E-state index contributed by atoms with van der Waals surface area (Å²) in [7, 11) is -3.04. The summed E-state index contributed by atoms with van der Waals surface area (Å²) in [5, 5.41) is 10.8. The van der Waals surface area contributed by atoms with Crippen molar-refractivity contribution in [2.45, 2.75) is 37.0 Å². The summed E-state index contributed by atoms with van der Waals surface area (Å²) in [5.41, 5.74) is 0.772. The monoisotopic (exact) mass is 380 g/mol. The minimum absolute atomic E-state index is 0.0269. The molecule has 0 amide bonds. The van der Waals surface area contributed by atoms with Crippen molar-refractivity contribution in [1.82, 2.24) is 0 Å². The first-order chi connectivity index (χ1) is 9.29. The molecule has 0 saturated heterocycles. The van der Waals surface area contributed by atoms with E-state index in [9.17, 15) is 13.5 Å². The Kier molecular flexibility index (Phi) is 5.16. The third kappa shape index (κ3) is 3.75. The maximum Gasteiger partial charge on any atom is 0.150 e. The van der Waals surface area contributed by atoms with Crippen LogP contribution in [0.3, 0.4) is 0 Å². The zero-order valence-corrected chi connectivity index (χ0v) is 14.4. The van der Waals surface area contributed by atoms with E-state index in [0.29, 0.717) is 17.9 Å². The van der Waals surface area contributed by atoms with Crippen LogP contribution in [0, 0.1) is 5.92 Å². The van der Waals surface area contributed by atoms with Crippen molar-refractivity contribution >= 4 is 37.4 Å². The first kappa shape index (κ1) is 16.3. The molecule has 1 aliphatic carbocycles. The van der Waals surface area contributed by atoms with Crippen molar-refractivity contribution in [2.75, 3.05) is 6.26 Å². The Hall–Kier alpha value is -0.100. The Labute approximate surface area is 133 Å². The van der Waals surface area contributed by atoms with E-state index in [-0.39, 0.29) is 11.2 Å². The highest BCUT2D eigenvalue weighted by atomic mass is 79.9. The van der Waals surface area contributed by atoms with Crippen molar-refractivity contribution in [3.05, 3.63) is 33.3 Å². The molecule has 20 heavy (non-hydrogen) atoms. The molecule has 1 N–H and O–H groups in total.